The first-order valence-electron chi connectivity index (χ1n) is 5.77. The normalized spacial score (nSPS) is 13.1. The lowest BCUT2D eigenvalue weighted by molar-refractivity contribution is 0.199. The second-order valence-electron chi connectivity index (χ2n) is 4.84. The summed E-state index contributed by atoms with van der Waals surface area (Å²) >= 11 is 1.73. The van der Waals surface area contributed by atoms with E-state index in [0.717, 1.165) is 22.6 Å². The van der Waals surface area contributed by atoms with Gasteiger partial charge in [0.1, 0.15) is 0 Å². The maximum absolute atomic E-state index is 9.49. The number of benzene rings is 1. The SMILES string of the molecule is CC(O)c1cccc(SCCC(C)(C)C#N)c1. The van der Waals surface area contributed by atoms with Crippen molar-refractivity contribution < 1.29 is 5.11 Å². The summed E-state index contributed by atoms with van der Waals surface area (Å²) in [5.41, 5.74) is 0.684. The molecule has 1 rings (SSSR count). The summed E-state index contributed by atoms with van der Waals surface area (Å²) in [5, 5.41) is 18.4. The smallest absolute Gasteiger partial charge is 0.0762 e. The Labute approximate surface area is 108 Å². The lowest BCUT2D eigenvalue weighted by Gasteiger charge is -2.14. The van der Waals surface area contributed by atoms with Crippen LogP contribution >= 0.6 is 11.8 Å². The summed E-state index contributed by atoms with van der Waals surface area (Å²) in [4.78, 5) is 1.15. The van der Waals surface area contributed by atoms with Gasteiger partial charge in [-0.15, -0.1) is 11.8 Å². The molecule has 2 nitrogen and oxygen atoms in total. The van der Waals surface area contributed by atoms with Gasteiger partial charge >= 0.3 is 0 Å². The Morgan fingerprint density at radius 2 is 2.18 bits per heavy atom. The van der Waals surface area contributed by atoms with Gasteiger partial charge in [0.25, 0.3) is 0 Å². The number of nitrogens with zero attached hydrogens (tertiary/aromatic N) is 1. The van der Waals surface area contributed by atoms with Crippen LogP contribution in [0.2, 0.25) is 0 Å². The van der Waals surface area contributed by atoms with Crippen LogP contribution < -0.4 is 0 Å². The largest absolute Gasteiger partial charge is 0.389 e. The lowest BCUT2D eigenvalue weighted by atomic mass is 9.93. The number of rotatable bonds is 5. The molecule has 1 N–H and O–H groups in total. The Balaban J connectivity index is 2.53. The highest BCUT2D eigenvalue weighted by Gasteiger charge is 2.15. The first-order valence-corrected chi connectivity index (χ1v) is 6.75. The lowest BCUT2D eigenvalue weighted by Crippen LogP contribution is -2.08. The minimum atomic E-state index is -0.425. The average Bonchev–Trinajstić information content (AvgIpc) is 2.29. The molecule has 92 valence electrons. The Hall–Kier alpha value is -0.980. The number of thioether (sulfide) groups is 1. The van der Waals surface area contributed by atoms with Crippen molar-refractivity contribution in [3.05, 3.63) is 29.8 Å². The standard InChI is InChI=1S/C14H19NOS/c1-11(16)12-5-4-6-13(9-12)17-8-7-14(2,3)10-15/h4-6,9,11,16H,7-8H2,1-3H3. The molecule has 3 heteroatoms. The van der Waals surface area contributed by atoms with E-state index in [-0.39, 0.29) is 5.41 Å². The molecule has 1 aromatic rings. The van der Waals surface area contributed by atoms with Crippen molar-refractivity contribution >= 4 is 11.8 Å². The van der Waals surface area contributed by atoms with Gasteiger partial charge in [-0.05, 0) is 50.6 Å². The summed E-state index contributed by atoms with van der Waals surface area (Å²) in [5.74, 6) is 0.920. The second-order valence-corrected chi connectivity index (χ2v) is 6.01. The van der Waals surface area contributed by atoms with Gasteiger partial charge in [0.05, 0.1) is 17.6 Å². The molecule has 0 amide bonds. The van der Waals surface area contributed by atoms with Crippen molar-refractivity contribution in [2.24, 2.45) is 5.41 Å². The van der Waals surface area contributed by atoms with Crippen LogP contribution in [0.5, 0.6) is 0 Å². The molecule has 0 aliphatic heterocycles. The van der Waals surface area contributed by atoms with E-state index in [2.05, 4.69) is 6.07 Å². The minimum Gasteiger partial charge on any atom is -0.389 e. The van der Waals surface area contributed by atoms with Crippen LogP contribution in [0.15, 0.2) is 29.2 Å². The van der Waals surface area contributed by atoms with Gasteiger partial charge in [-0.1, -0.05) is 12.1 Å². The molecule has 0 spiro atoms. The summed E-state index contributed by atoms with van der Waals surface area (Å²) < 4.78 is 0. The molecular formula is C14H19NOS. The van der Waals surface area contributed by atoms with E-state index in [4.69, 9.17) is 5.26 Å². The number of hydrogen-bond donors (Lipinski definition) is 1. The van der Waals surface area contributed by atoms with Crippen LogP contribution in [-0.4, -0.2) is 10.9 Å². The maximum Gasteiger partial charge on any atom is 0.0762 e. The molecule has 0 saturated carbocycles. The average molecular weight is 249 g/mol. The molecule has 1 aromatic carbocycles. The van der Waals surface area contributed by atoms with Crippen LogP contribution in [-0.2, 0) is 0 Å². The van der Waals surface area contributed by atoms with Crippen LogP contribution in [0.3, 0.4) is 0 Å². The van der Waals surface area contributed by atoms with Gasteiger partial charge in [0.15, 0.2) is 0 Å². The first kappa shape index (κ1) is 14.1. The highest BCUT2D eigenvalue weighted by Crippen LogP contribution is 2.27. The molecule has 1 atom stereocenters. The van der Waals surface area contributed by atoms with E-state index >= 15 is 0 Å². The van der Waals surface area contributed by atoms with E-state index in [1.807, 2.05) is 38.1 Å². The van der Waals surface area contributed by atoms with Crippen LogP contribution in [0.25, 0.3) is 0 Å². The Morgan fingerprint density at radius 3 is 2.76 bits per heavy atom. The minimum absolute atomic E-state index is 0.255. The molecule has 0 aromatic heterocycles. The summed E-state index contributed by atoms with van der Waals surface area (Å²) in [6.07, 6.45) is 0.443. The van der Waals surface area contributed by atoms with Gasteiger partial charge < -0.3 is 5.11 Å². The third-order valence-corrected chi connectivity index (χ3v) is 3.63. The number of hydrogen-bond acceptors (Lipinski definition) is 3. The Morgan fingerprint density at radius 1 is 1.47 bits per heavy atom. The zero-order chi connectivity index (χ0) is 12.9. The second kappa shape index (κ2) is 6.09. The van der Waals surface area contributed by atoms with E-state index in [1.54, 1.807) is 18.7 Å². The predicted molar refractivity (Wildman–Crippen MR) is 71.8 cm³/mol. The van der Waals surface area contributed by atoms with Gasteiger partial charge in [-0.25, -0.2) is 0 Å². The Kier molecular flexibility index (Phi) is 5.04. The summed E-state index contributed by atoms with van der Waals surface area (Å²) in [6.45, 7) is 5.68. The fraction of sp³-hybridized carbons (Fsp3) is 0.500. The molecule has 0 fully saturated rings. The van der Waals surface area contributed by atoms with Crippen LogP contribution in [0.1, 0.15) is 38.9 Å². The maximum atomic E-state index is 9.49. The molecule has 17 heavy (non-hydrogen) atoms. The van der Waals surface area contributed by atoms with E-state index < -0.39 is 6.10 Å². The molecule has 1 unspecified atom stereocenters. The molecule has 0 radical (unpaired) electrons. The fourth-order valence-electron chi connectivity index (χ4n) is 1.34. The number of aliphatic hydroxyl groups excluding tert-OH is 1. The molecule has 0 aliphatic rings. The molecular weight excluding hydrogens is 230 g/mol. The molecule has 0 saturated heterocycles. The molecule has 0 aliphatic carbocycles. The fourth-order valence-corrected chi connectivity index (χ4v) is 2.59. The third-order valence-electron chi connectivity index (χ3n) is 2.64. The van der Waals surface area contributed by atoms with Crippen molar-refractivity contribution in [3.8, 4) is 6.07 Å². The van der Waals surface area contributed by atoms with Crippen molar-refractivity contribution in [1.29, 1.82) is 5.26 Å². The van der Waals surface area contributed by atoms with Gasteiger partial charge in [-0.2, -0.15) is 5.26 Å². The topological polar surface area (TPSA) is 44.0 Å². The highest BCUT2D eigenvalue weighted by molar-refractivity contribution is 7.99. The number of aliphatic hydroxyl groups is 1. The van der Waals surface area contributed by atoms with Crippen LogP contribution in [0, 0.1) is 16.7 Å². The van der Waals surface area contributed by atoms with Gasteiger partial charge in [-0.3, -0.25) is 0 Å². The third kappa shape index (κ3) is 4.80. The van der Waals surface area contributed by atoms with Crippen molar-refractivity contribution in [2.45, 2.75) is 38.2 Å². The van der Waals surface area contributed by atoms with Gasteiger partial charge in [0, 0.05) is 4.90 Å². The van der Waals surface area contributed by atoms with Crippen LogP contribution in [0.4, 0.5) is 0 Å². The Bertz CT molecular complexity index is 407. The van der Waals surface area contributed by atoms with Crippen molar-refractivity contribution in [2.75, 3.05) is 5.75 Å². The molecule has 0 bridgehead atoms. The zero-order valence-electron chi connectivity index (χ0n) is 10.6. The summed E-state index contributed by atoms with van der Waals surface area (Å²) in [6, 6.07) is 10.2. The van der Waals surface area contributed by atoms with Crippen molar-refractivity contribution in [1.82, 2.24) is 0 Å². The highest BCUT2D eigenvalue weighted by atomic mass is 32.2. The quantitative estimate of drug-likeness (QED) is 0.808. The van der Waals surface area contributed by atoms with Crippen molar-refractivity contribution in [3.63, 3.8) is 0 Å². The van der Waals surface area contributed by atoms with E-state index in [9.17, 15) is 5.11 Å². The van der Waals surface area contributed by atoms with E-state index in [0.29, 0.717) is 0 Å². The zero-order valence-corrected chi connectivity index (χ0v) is 11.4. The van der Waals surface area contributed by atoms with Gasteiger partial charge in [0.2, 0.25) is 0 Å². The van der Waals surface area contributed by atoms with E-state index in [1.165, 1.54) is 0 Å². The first-order chi connectivity index (χ1) is 7.94. The summed E-state index contributed by atoms with van der Waals surface area (Å²) in [7, 11) is 0. The molecule has 0 heterocycles. The monoisotopic (exact) mass is 249 g/mol. The number of nitriles is 1. The predicted octanol–water partition coefficient (Wildman–Crippen LogP) is 3.77.